The van der Waals surface area contributed by atoms with Crippen molar-refractivity contribution in [1.82, 2.24) is 0 Å². The Morgan fingerprint density at radius 3 is 2.59 bits per heavy atom. The number of benzene rings is 1. The number of nitrogens with one attached hydrogen (secondary N) is 1. The lowest BCUT2D eigenvalue weighted by atomic mass is 10.2. The van der Waals surface area contributed by atoms with E-state index in [1.165, 1.54) is 6.92 Å². The summed E-state index contributed by atoms with van der Waals surface area (Å²) in [6, 6.07) is -0.0250. The predicted octanol–water partition coefficient (Wildman–Crippen LogP) is 1.16. The smallest absolute Gasteiger partial charge is 0.298 e. The number of anilines is 1. The minimum Gasteiger partial charge on any atom is -0.320 e. The summed E-state index contributed by atoms with van der Waals surface area (Å²) in [5.74, 6) is -3.14. The molecule has 1 aromatic rings. The number of amides is 1. The maximum atomic E-state index is 13.3. The van der Waals surface area contributed by atoms with E-state index < -0.39 is 39.9 Å². The van der Waals surface area contributed by atoms with Crippen molar-refractivity contribution in [2.75, 3.05) is 5.32 Å². The van der Waals surface area contributed by atoms with Gasteiger partial charge in [-0.2, -0.15) is 0 Å². The molecule has 0 spiro atoms. The van der Waals surface area contributed by atoms with Gasteiger partial charge in [-0.25, -0.2) is 8.78 Å². The summed E-state index contributed by atoms with van der Waals surface area (Å²) in [6.07, 6.45) is 0. The number of nitro benzene ring substituents is 1. The van der Waals surface area contributed by atoms with Crippen LogP contribution in [0.5, 0.6) is 0 Å². The van der Waals surface area contributed by atoms with E-state index >= 15 is 0 Å². The highest BCUT2D eigenvalue weighted by atomic mass is 19.1. The number of nitrogens with two attached hydrogens (primary N) is 1. The van der Waals surface area contributed by atoms with Crippen molar-refractivity contribution in [1.29, 1.82) is 0 Å². The fourth-order valence-corrected chi connectivity index (χ4v) is 1.06. The van der Waals surface area contributed by atoms with Crippen LogP contribution in [-0.4, -0.2) is 16.9 Å². The molecule has 6 nitrogen and oxygen atoms in total. The summed E-state index contributed by atoms with van der Waals surface area (Å²) in [7, 11) is 0. The Morgan fingerprint density at radius 1 is 1.53 bits per heavy atom. The maximum Gasteiger partial charge on any atom is 0.298 e. The standard InChI is InChI=1S/C9H9F2N3O3/c1-4(12)9(15)13-8-6(11)2-5(10)3-7(8)14(16)17/h2-4H,12H2,1H3,(H,13,15)/t4-/m0/s1. The first-order valence-corrected chi connectivity index (χ1v) is 4.52. The average Bonchev–Trinajstić information content (AvgIpc) is 2.20. The zero-order valence-electron chi connectivity index (χ0n) is 8.74. The number of carbonyl (C=O) groups is 1. The van der Waals surface area contributed by atoms with Crippen molar-refractivity contribution < 1.29 is 18.5 Å². The van der Waals surface area contributed by atoms with Crippen LogP contribution in [0.1, 0.15) is 6.92 Å². The molecule has 1 amide bonds. The van der Waals surface area contributed by atoms with Crippen LogP contribution >= 0.6 is 0 Å². The molecule has 1 aromatic carbocycles. The molecule has 0 aliphatic heterocycles. The van der Waals surface area contributed by atoms with Crippen LogP contribution in [0.2, 0.25) is 0 Å². The van der Waals surface area contributed by atoms with E-state index in [-0.39, 0.29) is 0 Å². The van der Waals surface area contributed by atoms with Gasteiger partial charge in [0.25, 0.3) is 5.69 Å². The van der Waals surface area contributed by atoms with Crippen LogP contribution < -0.4 is 11.1 Å². The van der Waals surface area contributed by atoms with E-state index in [2.05, 4.69) is 0 Å². The molecule has 17 heavy (non-hydrogen) atoms. The van der Waals surface area contributed by atoms with Gasteiger partial charge in [-0.3, -0.25) is 14.9 Å². The van der Waals surface area contributed by atoms with Crippen LogP contribution in [0.25, 0.3) is 0 Å². The molecule has 0 bridgehead atoms. The summed E-state index contributed by atoms with van der Waals surface area (Å²) < 4.78 is 26.1. The maximum absolute atomic E-state index is 13.3. The topological polar surface area (TPSA) is 98.3 Å². The number of hydrogen-bond donors (Lipinski definition) is 2. The molecule has 1 atom stereocenters. The molecule has 0 heterocycles. The molecule has 92 valence electrons. The van der Waals surface area contributed by atoms with Gasteiger partial charge in [0.05, 0.1) is 17.0 Å². The van der Waals surface area contributed by atoms with Gasteiger partial charge in [-0.05, 0) is 6.92 Å². The Kier molecular flexibility index (Phi) is 3.69. The van der Waals surface area contributed by atoms with Crippen molar-refractivity contribution in [3.8, 4) is 0 Å². The van der Waals surface area contributed by atoms with Crippen molar-refractivity contribution in [2.45, 2.75) is 13.0 Å². The Morgan fingerprint density at radius 2 is 2.12 bits per heavy atom. The largest absolute Gasteiger partial charge is 0.320 e. The summed E-state index contributed by atoms with van der Waals surface area (Å²) in [5.41, 5.74) is 3.65. The lowest BCUT2D eigenvalue weighted by molar-refractivity contribution is -0.384. The zero-order chi connectivity index (χ0) is 13.2. The van der Waals surface area contributed by atoms with E-state index in [1.54, 1.807) is 0 Å². The van der Waals surface area contributed by atoms with Crippen molar-refractivity contribution in [3.05, 3.63) is 33.9 Å². The normalized spacial score (nSPS) is 12.0. The second kappa shape index (κ2) is 4.83. The number of rotatable bonds is 3. The highest BCUT2D eigenvalue weighted by Gasteiger charge is 2.23. The van der Waals surface area contributed by atoms with Gasteiger partial charge in [0.2, 0.25) is 5.91 Å². The third-order valence-electron chi connectivity index (χ3n) is 1.89. The van der Waals surface area contributed by atoms with Crippen LogP contribution in [0, 0.1) is 21.7 Å². The Bertz CT molecular complexity index is 477. The SMILES string of the molecule is C[C@H](N)C(=O)Nc1c(F)cc(F)cc1[N+](=O)[O-]. The van der Waals surface area contributed by atoms with Crippen LogP contribution in [0.15, 0.2) is 12.1 Å². The molecule has 0 unspecified atom stereocenters. The molecule has 0 aliphatic carbocycles. The van der Waals surface area contributed by atoms with Crippen molar-refractivity contribution in [3.63, 3.8) is 0 Å². The predicted molar refractivity (Wildman–Crippen MR) is 55.3 cm³/mol. The average molecular weight is 245 g/mol. The van der Waals surface area contributed by atoms with E-state index in [9.17, 15) is 23.7 Å². The number of nitrogens with zero attached hydrogens (tertiary/aromatic N) is 1. The van der Waals surface area contributed by atoms with Crippen LogP contribution in [-0.2, 0) is 4.79 Å². The summed E-state index contributed by atoms with van der Waals surface area (Å²) >= 11 is 0. The second-order valence-corrected chi connectivity index (χ2v) is 3.32. The third-order valence-corrected chi connectivity index (χ3v) is 1.89. The summed E-state index contributed by atoms with van der Waals surface area (Å²) in [4.78, 5) is 20.8. The lowest BCUT2D eigenvalue weighted by Gasteiger charge is -2.09. The molecule has 0 saturated heterocycles. The molecule has 0 saturated carbocycles. The lowest BCUT2D eigenvalue weighted by Crippen LogP contribution is -2.33. The number of hydrogen-bond acceptors (Lipinski definition) is 4. The fourth-order valence-electron chi connectivity index (χ4n) is 1.06. The molecule has 8 heteroatoms. The quantitative estimate of drug-likeness (QED) is 0.616. The van der Waals surface area contributed by atoms with Gasteiger partial charge in [0.15, 0.2) is 11.5 Å². The van der Waals surface area contributed by atoms with Crippen molar-refractivity contribution >= 4 is 17.3 Å². The first-order chi connectivity index (χ1) is 7.82. The first kappa shape index (κ1) is 13.0. The van der Waals surface area contributed by atoms with E-state index in [0.717, 1.165) is 0 Å². The molecule has 0 fully saturated rings. The van der Waals surface area contributed by atoms with Gasteiger partial charge >= 0.3 is 0 Å². The molecule has 1 rings (SSSR count). The van der Waals surface area contributed by atoms with E-state index in [0.29, 0.717) is 12.1 Å². The molecule has 0 aromatic heterocycles. The monoisotopic (exact) mass is 245 g/mol. The second-order valence-electron chi connectivity index (χ2n) is 3.32. The molecular formula is C9H9F2N3O3. The van der Waals surface area contributed by atoms with Gasteiger partial charge < -0.3 is 11.1 Å². The Balaban J connectivity index is 3.22. The van der Waals surface area contributed by atoms with Gasteiger partial charge in [-0.15, -0.1) is 0 Å². The number of halogens is 2. The molecular weight excluding hydrogens is 236 g/mol. The third kappa shape index (κ3) is 2.94. The summed E-state index contributed by atoms with van der Waals surface area (Å²) in [5, 5.41) is 12.5. The summed E-state index contributed by atoms with van der Waals surface area (Å²) in [6.45, 7) is 1.32. The molecule has 0 aliphatic rings. The van der Waals surface area contributed by atoms with Crippen LogP contribution in [0.3, 0.4) is 0 Å². The van der Waals surface area contributed by atoms with Crippen LogP contribution in [0.4, 0.5) is 20.2 Å². The van der Waals surface area contributed by atoms with Gasteiger partial charge in [0, 0.05) is 6.07 Å². The fraction of sp³-hybridized carbons (Fsp3) is 0.222. The number of nitro groups is 1. The zero-order valence-corrected chi connectivity index (χ0v) is 8.74. The Labute approximate surface area is 94.6 Å². The minimum absolute atomic E-state index is 0.434. The van der Waals surface area contributed by atoms with Gasteiger partial charge in [-0.1, -0.05) is 0 Å². The highest BCUT2D eigenvalue weighted by molar-refractivity contribution is 5.96. The van der Waals surface area contributed by atoms with Gasteiger partial charge in [0.1, 0.15) is 5.82 Å². The molecule has 3 N–H and O–H groups in total. The molecule has 0 radical (unpaired) electrons. The number of carbonyl (C=O) groups excluding carboxylic acids is 1. The van der Waals surface area contributed by atoms with E-state index in [1.807, 2.05) is 5.32 Å². The minimum atomic E-state index is -1.23. The Hall–Kier alpha value is -2.09. The highest BCUT2D eigenvalue weighted by Crippen LogP contribution is 2.28. The van der Waals surface area contributed by atoms with E-state index in [4.69, 9.17) is 5.73 Å². The van der Waals surface area contributed by atoms with Crippen molar-refractivity contribution in [2.24, 2.45) is 5.73 Å². The first-order valence-electron chi connectivity index (χ1n) is 4.52.